The highest BCUT2D eigenvalue weighted by Gasteiger charge is 2.19. The summed E-state index contributed by atoms with van der Waals surface area (Å²) in [7, 11) is -3.54. The molecule has 0 fully saturated rings. The average molecular weight is 243 g/mol. The van der Waals surface area contributed by atoms with Crippen LogP contribution in [-0.2, 0) is 22.9 Å². The Kier molecular flexibility index (Phi) is 2.63. The fourth-order valence-corrected chi connectivity index (χ4v) is 3.49. The maximum absolute atomic E-state index is 11.3. The summed E-state index contributed by atoms with van der Waals surface area (Å²) in [6.45, 7) is 0. The van der Waals surface area contributed by atoms with Crippen LogP contribution >= 0.6 is 11.3 Å². The number of nitrogens with one attached hydrogen (secondary N) is 1. The van der Waals surface area contributed by atoms with E-state index in [1.165, 1.54) is 11.3 Å². The van der Waals surface area contributed by atoms with Gasteiger partial charge in [-0.1, -0.05) is 0 Å². The molecule has 1 aliphatic rings. The molecule has 1 aromatic rings. The maximum atomic E-state index is 11.3. The van der Waals surface area contributed by atoms with Gasteiger partial charge < -0.3 is 0 Å². The highest BCUT2D eigenvalue weighted by atomic mass is 32.2. The zero-order valence-electron chi connectivity index (χ0n) is 7.86. The van der Waals surface area contributed by atoms with Crippen LogP contribution in [0.2, 0.25) is 0 Å². The van der Waals surface area contributed by atoms with Crippen molar-refractivity contribution in [2.75, 3.05) is 10.5 Å². The van der Waals surface area contributed by atoms with E-state index >= 15 is 0 Å². The second-order valence-electron chi connectivity index (χ2n) is 3.26. The van der Waals surface area contributed by atoms with Crippen LogP contribution in [0.15, 0.2) is 0 Å². The fraction of sp³-hybridized carbons (Fsp3) is 0.500. The molecule has 1 aliphatic carbocycles. The van der Waals surface area contributed by atoms with Crippen molar-refractivity contribution < 1.29 is 8.42 Å². The topological polar surface area (TPSA) is 82.8 Å². The third-order valence-electron chi connectivity index (χ3n) is 2.09. The molecule has 1 aromatic heterocycles. The van der Waals surface area contributed by atoms with Gasteiger partial charge in [0.2, 0.25) is 10.0 Å². The zero-order chi connectivity index (χ0) is 10.9. The van der Waals surface area contributed by atoms with Crippen molar-refractivity contribution >= 4 is 26.5 Å². The minimum Gasteiger partial charge on any atom is -0.258 e. The Hall–Kier alpha value is -1.13. The molecule has 1 heterocycles. The predicted molar refractivity (Wildman–Crippen MR) is 57.2 cm³/mol. The van der Waals surface area contributed by atoms with Crippen LogP contribution in [0, 0.1) is 11.3 Å². The lowest BCUT2D eigenvalue weighted by molar-refractivity contribution is 0.604. The first-order valence-electron chi connectivity index (χ1n) is 4.47. The van der Waals surface area contributed by atoms with Gasteiger partial charge in [-0.05, 0) is 19.3 Å². The largest absolute Gasteiger partial charge is 0.258 e. The van der Waals surface area contributed by atoms with E-state index in [1.54, 1.807) is 6.07 Å². The Morgan fingerprint density at radius 2 is 2.33 bits per heavy atom. The molecule has 0 amide bonds. The van der Waals surface area contributed by atoms with Crippen LogP contribution in [0.1, 0.15) is 17.0 Å². The number of hydrogen-bond donors (Lipinski definition) is 1. The van der Waals surface area contributed by atoms with Gasteiger partial charge in [-0.3, -0.25) is 4.72 Å². The van der Waals surface area contributed by atoms with Crippen molar-refractivity contribution in [1.29, 1.82) is 5.26 Å². The molecule has 0 radical (unpaired) electrons. The van der Waals surface area contributed by atoms with Crippen LogP contribution < -0.4 is 4.72 Å². The standard InChI is InChI=1S/C8H9N3O2S2/c9-4-5-15(12,13)11-8-10-6-2-1-3-7(6)14-8/h1-3,5H2,(H,10,11). The third-order valence-corrected chi connectivity index (χ3v) is 4.31. The van der Waals surface area contributed by atoms with Crippen LogP contribution in [-0.4, -0.2) is 19.2 Å². The van der Waals surface area contributed by atoms with Gasteiger partial charge in [0.25, 0.3) is 0 Å². The molecule has 0 saturated heterocycles. The Labute approximate surface area is 91.8 Å². The van der Waals surface area contributed by atoms with E-state index in [0.29, 0.717) is 5.13 Å². The Morgan fingerprint density at radius 1 is 1.53 bits per heavy atom. The Balaban J connectivity index is 2.16. The summed E-state index contributed by atoms with van der Waals surface area (Å²) in [4.78, 5) is 5.33. The molecule has 5 nitrogen and oxygen atoms in total. The number of hydrogen-bond acceptors (Lipinski definition) is 5. The number of rotatable bonds is 3. The van der Waals surface area contributed by atoms with Gasteiger partial charge in [0, 0.05) is 4.88 Å². The van der Waals surface area contributed by atoms with E-state index in [0.717, 1.165) is 29.8 Å². The van der Waals surface area contributed by atoms with E-state index in [1.807, 2.05) is 0 Å². The van der Waals surface area contributed by atoms with Gasteiger partial charge in [-0.15, -0.1) is 11.3 Å². The average Bonchev–Trinajstić information content (AvgIpc) is 2.61. The van der Waals surface area contributed by atoms with E-state index in [2.05, 4.69) is 9.71 Å². The smallest absolute Gasteiger partial charge is 0.247 e. The summed E-state index contributed by atoms with van der Waals surface area (Å²) in [6, 6.07) is 1.60. The van der Waals surface area contributed by atoms with Crippen molar-refractivity contribution in [2.24, 2.45) is 0 Å². The highest BCUT2D eigenvalue weighted by molar-refractivity contribution is 7.93. The Morgan fingerprint density at radius 3 is 3.00 bits per heavy atom. The molecule has 0 bridgehead atoms. The number of aryl methyl sites for hydroxylation is 2. The van der Waals surface area contributed by atoms with Crippen molar-refractivity contribution in [3.63, 3.8) is 0 Å². The number of sulfonamides is 1. The molecular formula is C8H9N3O2S2. The van der Waals surface area contributed by atoms with Crippen molar-refractivity contribution in [3.05, 3.63) is 10.6 Å². The lowest BCUT2D eigenvalue weighted by atomic mass is 10.4. The van der Waals surface area contributed by atoms with Gasteiger partial charge in [-0.2, -0.15) is 5.26 Å². The summed E-state index contributed by atoms with van der Waals surface area (Å²) >= 11 is 1.36. The number of nitriles is 1. The van der Waals surface area contributed by atoms with Gasteiger partial charge >= 0.3 is 0 Å². The summed E-state index contributed by atoms with van der Waals surface area (Å²) in [5, 5.41) is 8.70. The summed E-state index contributed by atoms with van der Waals surface area (Å²) in [5.74, 6) is -0.531. The van der Waals surface area contributed by atoms with E-state index < -0.39 is 15.8 Å². The molecular weight excluding hydrogens is 234 g/mol. The molecule has 0 aliphatic heterocycles. The SMILES string of the molecule is N#CCS(=O)(=O)Nc1nc2c(s1)CCC2. The quantitative estimate of drug-likeness (QED) is 0.854. The second kappa shape index (κ2) is 3.79. The van der Waals surface area contributed by atoms with Gasteiger partial charge in [0.15, 0.2) is 10.9 Å². The van der Waals surface area contributed by atoms with E-state index in [9.17, 15) is 8.42 Å². The predicted octanol–water partition coefficient (Wildman–Crippen LogP) is 0.897. The molecule has 80 valence electrons. The maximum Gasteiger partial charge on any atom is 0.247 e. The fourth-order valence-electron chi connectivity index (χ4n) is 1.49. The minimum absolute atomic E-state index is 0.384. The van der Waals surface area contributed by atoms with Crippen molar-refractivity contribution in [2.45, 2.75) is 19.3 Å². The molecule has 0 unspecified atom stereocenters. The first-order valence-corrected chi connectivity index (χ1v) is 6.93. The van der Waals surface area contributed by atoms with Gasteiger partial charge in [0.05, 0.1) is 11.8 Å². The number of thiazole rings is 1. The molecule has 15 heavy (non-hydrogen) atoms. The number of anilines is 1. The van der Waals surface area contributed by atoms with E-state index in [4.69, 9.17) is 5.26 Å². The minimum atomic E-state index is -3.54. The molecule has 0 aromatic carbocycles. The van der Waals surface area contributed by atoms with E-state index in [-0.39, 0.29) is 0 Å². The monoisotopic (exact) mass is 243 g/mol. The van der Waals surface area contributed by atoms with Crippen LogP contribution in [0.4, 0.5) is 5.13 Å². The van der Waals surface area contributed by atoms with Gasteiger partial charge in [0.1, 0.15) is 0 Å². The summed E-state index contributed by atoms with van der Waals surface area (Å²) in [6.07, 6.45) is 3.00. The normalized spacial score (nSPS) is 14.6. The zero-order valence-corrected chi connectivity index (χ0v) is 9.49. The van der Waals surface area contributed by atoms with Crippen molar-refractivity contribution in [1.82, 2.24) is 4.98 Å². The molecule has 7 heteroatoms. The molecule has 0 spiro atoms. The third kappa shape index (κ3) is 2.27. The lowest BCUT2D eigenvalue weighted by Gasteiger charge is -1.99. The first-order chi connectivity index (χ1) is 7.11. The second-order valence-corrected chi connectivity index (χ2v) is 6.07. The molecule has 1 N–H and O–H groups in total. The summed E-state index contributed by atoms with van der Waals surface area (Å²) in [5.41, 5.74) is 0.995. The molecule has 0 saturated carbocycles. The lowest BCUT2D eigenvalue weighted by Crippen LogP contribution is -2.15. The van der Waals surface area contributed by atoms with Crippen LogP contribution in [0.3, 0.4) is 0 Å². The van der Waals surface area contributed by atoms with Crippen molar-refractivity contribution in [3.8, 4) is 6.07 Å². The number of fused-ring (bicyclic) bond motifs is 1. The van der Waals surface area contributed by atoms with Gasteiger partial charge in [-0.25, -0.2) is 13.4 Å². The molecule has 2 rings (SSSR count). The van der Waals surface area contributed by atoms with Crippen LogP contribution in [0.25, 0.3) is 0 Å². The number of nitrogens with zero attached hydrogens (tertiary/aromatic N) is 2. The Bertz CT molecular complexity index is 491. The summed E-state index contributed by atoms with van der Waals surface area (Å²) < 4.78 is 24.8. The van der Waals surface area contributed by atoms with Crippen LogP contribution in [0.5, 0.6) is 0 Å². The molecule has 0 atom stereocenters. The number of aromatic nitrogens is 1. The first kappa shape index (κ1) is 10.4. The highest BCUT2D eigenvalue weighted by Crippen LogP contribution is 2.30.